The average Bonchev–Trinajstić information content (AvgIpc) is 3.74. The zero-order chi connectivity index (χ0) is 39.4. The first-order valence-corrected chi connectivity index (χ1v) is 19.8. The van der Waals surface area contributed by atoms with Crippen molar-refractivity contribution < 1.29 is 33.5 Å². The highest BCUT2D eigenvalue weighted by molar-refractivity contribution is 7.13. The van der Waals surface area contributed by atoms with Crippen LogP contribution in [0.5, 0.6) is 5.75 Å². The Morgan fingerprint density at radius 3 is 2.37 bits per heavy atom. The van der Waals surface area contributed by atoms with E-state index < -0.39 is 48.1 Å². The van der Waals surface area contributed by atoms with Gasteiger partial charge >= 0.3 is 7.12 Å². The van der Waals surface area contributed by atoms with Gasteiger partial charge in [0, 0.05) is 19.6 Å². The summed E-state index contributed by atoms with van der Waals surface area (Å²) >= 11 is 1.58. The standard InChI is InChI=1S/C41H57BN4O7S/c1-26(28-12-14-29(15-13-28)35-27(2)43-25-54-35)44-37(49)33-22-31(47)23-46(33)38(50)36(39(3,4)5)45-34(48)24-51-32-18-16-30(17-19-32)42-52-21-11-10-20-40(6,7)41(8,9)53-42/h12-19,25-26,31,33,36,47H,10-11,20-24H2,1-9H3,(H,44,49)(H,45,48)/t26?,31-,33+,36?/m1/s1. The molecule has 5 rings (SSSR count). The summed E-state index contributed by atoms with van der Waals surface area (Å²) in [5, 5.41) is 16.5. The zero-order valence-corrected chi connectivity index (χ0v) is 34.0. The molecule has 0 bridgehead atoms. The Morgan fingerprint density at radius 2 is 1.74 bits per heavy atom. The zero-order valence-electron chi connectivity index (χ0n) is 33.2. The van der Waals surface area contributed by atoms with E-state index in [0.717, 1.165) is 46.4 Å². The molecule has 3 amide bonds. The number of amides is 3. The summed E-state index contributed by atoms with van der Waals surface area (Å²) in [6.07, 6.45) is 2.31. The highest BCUT2D eigenvalue weighted by Crippen LogP contribution is 2.39. The molecule has 0 saturated carbocycles. The van der Waals surface area contributed by atoms with E-state index in [2.05, 4.69) is 43.3 Å². The van der Waals surface area contributed by atoms with Gasteiger partial charge in [-0.25, -0.2) is 4.98 Å². The fourth-order valence-electron chi connectivity index (χ4n) is 6.87. The van der Waals surface area contributed by atoms with Gasteiger partial charge in [0.25, 0.3) is 5.91 Å². The van der Waals surface area contributed by atoms with Gasteiger partial charge in [0.2, 0.25) is 11.8 Å². The fourth-order valence-corrected chi connectivity index (χ4v) is 7.69. The van der Waals surface area contributed by atoms with Gasteiger partial charge in [0.15, 0.2) is 6.61 Å². The minimum Gasteiger partial charge on any atom is -0.484 e. The smallest absolute Gasteiger partial charge is 0.484 e. The molecule has 4 atom stereocenters. The van der Waals surface area contributed by atoms with Crippen molar-refractivity contribution >= 4 is 41.6 Å². The average molecular weight is 761 g/mol. The van der Waals surface area contributed by atoms with Crippen molar-refractivity contribution in [3.05, 3.63) is 65.3 Å². The van der Waals surface area contributed by atoms with E-state index in [0.29, 0.717) is 12.4 Å². The second-order valence-corrected chi connectivity index (χ2v) is 17.8. The van der Waals surface area contributed by atoms with E-state index in [1.807, 2.05) is 76.5 Å². The number of aliphatic hydroxyl groups excluding tert-OH is 1. The molecule has 2 aliphatic heterocycles. The number of ether oxygens (including phenoxy) is 1. The van der Waals surface area contributed by atoms with Gasteiger partial charge in [-0.3, -0.25) is 14.4 Å². The number of rotatable bonds is 10. The van der Waals surface area contributed by atoms with Crippen LogP contribution in [0.15, 0.2) is 54.0 Å². The normalized spacial score (nSPS) is 21.3. The SMILES string of the molecule is Cc1ncsc1-c1ccc(C(C)NC(=O)[C@@H]2C[C@@H](O)CN2C(=O)C(NC(=O)COc2ccc(B3OCCCCC(C)(C)C(C)(C)O3)cc2)C(C)(C)C)cc1. The number of hydrogen-bond acceptors (Lipinski definition) is 9. The Hall–Kier alpha value is -3.78. The number of hydrogen-bond donors (Lipinski definition) is 3. The van der Waals surface area contributed by atoms with Crippen LogP contribution in [-0.2, 0) is 23.7 Å². The molecule has 2 aromatic carbocycles. The Labute approximate surface area is 324 Å². The van der Waals surface area contributed by atoms with Crippen LogP contribution in [0.4, 0.5) is 0 Å². The third-order valence-electron chi connectivity index (χ3n) is 11.1. The van der Waals surface area contributed by atoms with Crippen LogP contribution < -0.4 is 20.8 Å². The molecule has 3 aromatic rings. The van der Waals surface area contributed by atoms with Crippen LogP contribution in [0.1, 0.15) is 98.4 Å². The maximum Gasteiger partial charge on any atom is 0.494 e. The number of aliphatic hydroxyl groups is 1. The topological polar surface area (TPSA) is 139 Å². The Morgan fingerprint density at radius 1 is 1.06 bits per heavy atom. The van der Waals surface area contributed by atoms with E-state index >= 15 is 0 Å². The number of nitrogens with zero attached hydrogens (tertiary/aromatic N) is 2. The van der Waals surface area contributed by atoms with Gasteiger partial charge in [-0.05, 0) is 80.1 Å². The summed E-state index contributed by atoms with van der Waals surface area (Å²) in [7, 11) is -0.531. The number of aromatic nitrogens is 1. The lowest BCUT2D eigenvalue weighted by molar-refractivity contribution is -0.144. The molecule has 2 aliphatic rings. The lowest BCUT2D eigenvalue weighted by Gasteiger charge is -2.42. The van der Waals surface area contributed by atoms with Crippen LogP contribution in [0, 0.1) is 17.8 Å². The Kier molecular flexibility index (Phi) is 13.0. The molecule has 3 heterocycles. The summed E-state index contributed by atoms with van der Waals surface area (Å²) in [4.78, 5) is 47.8. The van der Waals surface area contributed by atoms with Gasteiger partial charge in [-0.15, -0.1) is 11.3 Å². The van der Waals surface area contributed by atoms with E-state index in [4.69, 9.17) is 14.0 Å². The van der Waals surface area contributed by atoms with Gasteiger partial charge in [0.05, 0.1) is 33.8 Å². The summed E-state index contributed by atoms with van der Waals surface area (Å²) in [5.41, 5.74) is 4.46. The molecule has 2 unspecified atom stereocenters. The largest absolute Gasteiger partial charge is 0.494 e. The molecule has 54 heavy (non-hydrogen) atoms. The number of carbonyl (C=O) groups is 3. The quantitative estimate of drug-likeness (QED) is 0.228. The minimum absolute atomic E-state index is 0.0113. The second kappa shape index (κ2) is 16.9. The lowest BCUT2D eigenvalue weighted by atomic mass is 9.70. The van der Waals surface area contributed by atoms with Crippen LogP contribution in [0.2, 0.25) is 0 Å². The van der Waals surface area contributed by atoms with E-state index in [1.165, 1.54) is 4.90 Å². The number of nitrogens with one attached hydrogen (secondary N) is 2. The Bertz CT molecular complexity index is 1760. The van der Waals surface area contributed by atoms with E-state index in [-0.39, 0.29) is 36.9 Å². The minimum atomic E-state index is -0.970. The van der Waals surface area contributed by atoms with Gasteiger partial charge in [0.1, 0.15) is 17.8 Å². The van der Waals surface area contributed by atoms with Gasteiger partial charge in [-0.2, -0.15) is 0 Å². The monoisotopic (exact) mass is 760 g/mol. The van der Waals surface area contributed by atoms with Crippen molar-refractivity contribution in [2.75, 3.05) is 19.8 Å². The molecular weight excluding hydrogens is 703 g/mol. The summed E-state index contributed by atoms with van der Waals surface area (Å²) in [6.45, 7) is 18.3. The molecule has 292 valence electrons. The maximum absolute atomic E-state index is 14.1. The summed E-state index contributed by atoms with van der Waals surface area (Å²) in [5.74, 6) is -0.795. The molecule has 13 heteroatoms. The predicted molar refractivity (Wildman–Crippen MR) is 212 cm³/mol. The molecule has 0 aliphatic carbocycles. The molecular formula is C41H57BN4O7S. The van der Waals surface area contributed by atoms with Crippen molar-refractivity contribution in [2.45, 2.75) is 118 Å². The highest BCUT2D eigenvalue weighted by Gasteiger charge is 2.45. The van der Waals surface area contributed by atoms with Gasteiger partial charge < -0.3 is 34.7 Å². The first kappa shape index (κ1) is 41.4. The number of aryl methyl sites for hydroxylation is 1. The van der Waals surface area contributed by atoms with Gasteiger partial charge in [-0.1, -0.05) is 77.4 Å². The lowest BCUT2D eigenvalue weighted by Crippen LogP contribution is -2.58. The van der Waals surface area contributed by atoms with E-state index in [9.17, 15) is 19.5 Å². The maximum atomic E-state index is 14.1. The van der Waals surface area contributed by atoms with Crippen LogP contribution in [0.3, 0.4) is 0 Å². The fraction of sp³-hybridized carbons (Fsp3) is 0.561. The first-order valence-electron chi connectivity index (χ1n) is 19.0. The predicted octanol–water partition coefficient (Wildman–Crippen LogP) is 5.58. The molecule has 0 radical (unpaired) electrons. The molecule has 0 spiro atoms. The number of benzene rings is 2. The van der Waals surface area contributed by atoms with Crippen LogP contribution in [-0.4, -0.2) is 83.4 Å². The van der Waals surface area contributed by atoms with Crippen molar-refractivity contribution in [3.63, 3.8) is 0 Å². The van der Waals surface area contributed by atoms with Crippen molar-refractivity contribution in [1.82, 2.24) is 20.5 Å². The summed E-state index contributed by atoms with van der Waals surface area (Å²) in [6, 6.07) is 13.1. The van der Waals surface area contributed by atoms with Crippen molar-refractivity contribution in [1.29, 1.82) is 0 Å². The van der Waals surface area contributed by atoms with Crippen molar-refractivity contribution in [2.24, 2.45) is 10.8 Å². The molecule has 1 aromatic heterocycles. The number of carbonyl (C=O) groups excluding carboxylic acids is 3. The van der Waals surface area contributed by atoms with Crippen LogP contribution in [0.25, 0.3) is 10.4 Å². The third kappa shape index (κ3) is 9.90. The number of β-amino-alcohol motifs (C(OH)–C–C–N with tert-alkyl or cyclic N) is 1. The third-order valence-corrected chi connectivity index (χ3v) is 12.1. The van der Waals surface area contributed by atoms with Crippen molar-refractivity contribution in [3.8, 4) is 16.2 Å². The molecule has 2 saturated heterocycles. The number of likely N-dealkylation sites (tertiary alicyclic amines) is 1. The molecule has 2 fully saturated rings. The van der Waals surface area contributed by atoms with Crippen LogP contribution >= 0.6 is 11.3 Å². The Balaban J connectivity index is 1.19. The summed E-state index contributed by atoms with van der Waals surface area (Å²) < 4.78 is 18.5. The highest BCUT2D eigenvalue weighted by atomic mass is 32.1. The molecule has 11 nitrogen and oxygen atoms in total. The first-order chi connectivity index (χ1) is 25.4. The van der Waals surface area contributed by atoms with E-state index in [1.54, 1.807) is 23.5 Å². The molecule has 3 N–H and O–H groups in total. The number of thiazole rings is 1. The second-order valence-electron chi connectivity index (χ2n) is 16.9.